The number of piperidine rings is 1. The highest BCUT2D eigenvalue weighted by atomic mass is 16.2. The number of benzene rings is 1. The lowest BCUT2D eigenvalue weighted by Gasteiger charge is -2.32. The minimum atomic E-state index is 0.00360. The normalized spacial score (nSPS) is 15.8. The van der Waals surface area contributed by atoms with Crippen molar-refractivity contribution in [2.75, 3.05) is 25.4 Å². The smallest absolute Gasteiger partial charge is 0.254 e. The Morgan fingerprint density at radius 3 is 2.62 bits per heavy atom. The van der Waals surface area contributed by atoms with Crippen LogP contribution >= 0.6 is 0 Å². The maximum atomic E-state index is 12.5. The number of nitrogens with two attached hydrogens (primary N) is 1. The molecule has 2 amide bonds. The van der Waals surface area contributed by atoms with Gasteiger partial charge in [-0.3, -0.25) is 9.59 Å². The average Bonchev–Trinajstić information content (AvgIpc) is 2.48. The Kier molecular flexibility index (Phi) is 4.83. The Balaban J connectivity index is 1.94. The van der Waals surface area contributed by atoms with Crippen molar-refractivity contribution in [3.8, 4) is 0 Å². The van der Waals surface area contributed by atoms with Crippen LogP contribution in [0.3, 0.4) is 0 Å². The second-order valence-electron chi connectivity index (χ2n) is 5.69. The first-order chi connectivity index (χ1) is 9.99. The summed E-state index contributed by atoms with van der Waals surface area (Å²) in [4.78, 5) is 25.4. The summed E-state index contributed by atoms with van der Waals surface area (Å²) in [7, 11) is 0. The summed E-state index contributed by atoms with van der Waals surface area (Å²) in [5.74, 6) is 0.515. The minimum absolute atomic E-state index is 0.00360. The molecule has 0 saturated carbocycles. The number of rotatable bonds is 3. The van der Waals surface area contributed by atoms with Crippen LogP contribution in [-0.4, -0.2) is 36.3 Å². The number of nitrogen functional groups attached to an aromatic ring is 1. The van der Waals surface area contributed by atoms with E-state index in [0.29, 0.717) is 23.7 Å². The van der Waals surface area contributed by atoms with Gasteiger partial charge in [0.15, 0.2) is 0 Å². The molecule has 0 unspecified atom stereocenters. The van der Waals surface area contributed by atoms with Crippen molar-refractivity contribution in [1.29, 1.82) is 0 Å². The van der Waals surface area contributed by atoms with Crippen molar-refractivity contribution in [3.05, 3.63) is 29.3 Å². The summed E-state index contributed by atoms with van der Waals surface area (Å²) in [6, 6.07) is 5.46. The van der Waals surface area contributed by atoms with Crippen LogP contribution in [0.25, 0.3) is 0 Å². The number of hydrogen-bond acceptors (Lipinski definition) is 3. The highest BCUT2D eigenvalue weighted by Gasteiger charge is 2.24. The monoisotopic (exact) mass is 289 g/mol. The van der Waals surface area contributed by atoms with Gasteiger partial charge in [-0.05, 0) is 43.4 Å². The van der Waals surface area contributed by atoms with Gasteiger partial charge in [0.05, 0.1) is 0 Å². The highest BCUT2D eigenvalue weighted by molar-refractivity contribution is 5.97. The highest BCUT2D eigenvalue weighted by Crippen LogP contribution is 2.22. The van der Waals surface area contributed by atoms with Crippen molar-refractivity contribution in [2.45, 2.75) is 26.7 Å². The first-order valence-corrected chi connectivity index (χ1v) is 7.38. The molecule has 1 fully saturated rings. The molecule has 0 bridgehead atoms. The molecular formula is C16H23N3O2. The summed E-state index contributed by atoms with van der Waals surface area (Å²) >= 11 is 0. The molecule has 0 radical (unpaired) electrons. The van der Waals surface area contributed by atoms with Crippen LogP contribution in [0, 0.1) is 12.8 Å². The van der Waals surface area contributed by atoms with Gasteiger partial charge in [-0.2, -0.15) is 0 Å². The van der Waals surface area contributed by atoms with E-state index in [0.717, 1.165) is 31.5 Å². The summed E-state index contributed by atoms with van der Waals surface area (Å²) in [5.41, 5.74) is 8.06. The molecule has 0 aliphatic carbocycles. The molecule has 114 valence electrons. The van der Waals surface area contributed by atoms with Crippen LogP contribution in [0.4, 0.5) is 5.69 Å². The molecule has 1 aliphatic rings. The molecule has 1 heterocycles. The second-order valence-corrected chi connectivity index (χ2v) is 5.69. The van der Waals surface area contributed by atoms with Gasteiger partial charge in [-0.25, -0.2) is 0 Å². The molecule has 5 nitrogen and oxygen atoms in total. The zero-order chi connectivity index (χ0) is 15.4. The van der Waals surface area contributed by atoms with Gasteiger partial charge in [-0.1, -0.05) is 6.07 Å². The summed E-state index contributed by atoms with van der Waals surface area (Å²) in [6.45, 7) is 5.58. The summed E-state index contributed by atoms with van der Waals surface area (Å²) in [6.07, 6.45) is 1.85. The number of hydrogen-bond donors (Lipinski definition) is 2. The fourth-order valence-corrected chi connectivity index (χ4v) is 2.68. The number of amides is 2. The number of anilines is 1. The third-order valence-corrected chi connectivity index (χ3v) is 4.15. The van der Waals surface area contributed by atoms with Crippen LogP contribution in [0.2, 0.25) is 0 Å². The number of carbonyl (C=O) groups excluding carboxylic acids is 2. The molecule has 0 atom stereocenters. The van der Waals surface area contributed by atoms with Crippen molar-refractivity contribution >= 4 is 17.5 Å². The van der Waals surface area contributed by atoms with Crippen molar-refractivity contribution < 1.29 is 9.59 Å². The van der Waals surface area contributed by atoms with E-state index in [1.165, 1.54) is 6.92 Å². The summed E-state index contributed by atoms with van der Waals surface area (Å²) < 4.78 is 0. The fourth-order valence-electron chi connectivity index (χ4n) is 2.68. The lowest BCUT2D eigenvalue weighted by molar-refractivity contribution is -0.119. The van der Waals surface area contributed by atoms with E-state index in [1.54, 1.807) is 0 Å². The van der Waals surface area contributed by atoms with Gasteiger partial charge in [0.1, 0.15) is 0 Å². The number of nitrogens with one attached hydrogen (secondary N) is 1. The third-order valence-electron chi connectivity index (χ3n) is 4.15. The Hall–Kier alpha value is -2.04. The van der Waals surface area contributed by atoms with Crippen molar-refractivity contribution in [2.24, 2.45) is 5.92 Å². The lowest BCUT2D eigenvalue weighted by Crippen LogP contribution is -2.41. The topological polar surface area (TPSA) is 75.4 Å². The Morgan fingerprint density at radius 2 is 2.00 bits per heavy atom. The van der Waals surface area contributed by atoms with E-state index >= 15 is 0 Å². The van der Waals surface area contributed by atoms with Gasteiger partial charge >= 0.3 is 0 Å². The molecular weight excluding hydrogens is 266 g/mol. The Labute approximate surface area is 125 Å². The zero-order valence-electron chi connectivity index (χ0n) is 12.7. The Bertz CT molecular complexity index is 534. The predicted octanol–water partition coefficient (Wildman–Crippen LogP) is 1.57. The Morgan fingerprint density at radius 1 is 1.33 bits per heavy atom. The second kappa shape index (κ2) is 6.61. The maximum absolute atomic E-state index is 12.5. The molecule has 2 rings (SSSR count). The van der Waals surface area contributed by atoms with E-state index in [1.807, 2.05) is 30.0 Å². The van der Waals surface area contributed by atoms with Gasteiger partial charge in [-0.15, -0.1) is 0 Å². The largest absolute Gasteiger partial charge is 0.398 e. The lowest BCUT2D eigenvalue weighted by atomic mass is 9.95. The first kappa shape index (κ1) is 15.4. The quantitative estimate of drug-likeness (QED) is 0.829. The van der Waals surface area contributed by atoms with Crippen LogP contribution in [0.1, 0.15) is 35.7 Å². The average molecular weight is 289 g/mol. The van der Waals surface area contributed by atoms with E-state index in [4.69, 9.17) is 5.73 Å². The van der Waals surface area contributed by atoms with Crippen LogP contribution in [0.15, 0.2) is 18.2 Å². The number of likely N-dealkylation sites (tertiary alicyclic amines) is 1. The fraction of sp³-hybridized carbons (Fsp3) is 0.500. The molecule has 1 saturated heterocycles. The van der Waals surface area contributed by atoms with Crippen LogP contribution in [-0.2, 0) is 4.79 Å². The maximum Gasteiger partial charge on any atom is 0.254 e. The standard InChI is InChI=1S/C16H23N3O2/c1-11-14(4-3-5-15(11)17)16(21)19-8-6-13(7-9-19)10-18-12(2)20/h3-5,13H,6-10,17H2,1-2H3,(H,18,20). The SMILES string of the molecule is CC(=O)NCC1CCN(C(=O)c2cccc(N)c2C)CC1. The van der Waals surface area contributed by atoms with Crippen molar-refractivity contribution in [3.63, 3.8) is 0 Å². The summed E-state index contributed by atoms with van der Waals surface area (Å²) in [5, 5.41) is 2.85. The van der Waals surface area contributed by atoms with Gasteiger partial charge < -0.3 is 16.0 Å². The molecule has 3 N–H and O–H groups in total. The van der Waals surface area contributed by atoms with Crippen molar-refractivity contribution in [1.82, 2.24) is 10.2 Å². The first-order valence-electron chi connectivity index (χ1n) is 7.38. The minimum Gasteiger partial charge on any atom is -0.398 e. The number of nitrogens with zero attached hydrogens (tertiary/aromatic N) is 1. The van der Waals surface area contributed by atoms with E-state index in [-0.39, 0.29) is 11.8 Å². The van der Waals surface area contributed by atoms with Crippen LogP contribution < -0.4 is 11.1 Å². The van der Waals surface area contributed by atoms with Gasteiger partial charge in [0, 0.05) is 37.8 Å². The number of carbonyl (C=O) groups is 2. The van der Waals surface area contributed by atoms with Crippen LogP contribution in [0.5, 0.6) is 0 Å². The van der Waals surface area contributed by atoms with Gasteiger partial charge in [0.25, 0.3) is 5.91 Å². The van der Waals surface area contributed by atoms with Gasteiger partial charge in [0.2, 0.25) is 5.91 Å². The molecule has 21 heavy (non-hydrogen) atoms. The molecule has 1 aromatic carbocycles. The molecule has 1 aliphatic heterocycles. The van der Waals surface area contributed by atoms with E-state index in [9.17, 15) is 9.59 Å². The molecule has 5 heteroatoms. The van der Waals surface area contributed by atoms with E-state index < -0.39 is 0 Å². The molecule has 0 spiro atoms. The van der Waals surface area contributed by atoms with E-state index in [2.05, 4.69) is 5.32 Å². The molecule has 0 aromatic heterocycles. The predicted molar refractivity (Wildman–Crippen MR) is 82.9 cm³/mol. The zero-order valence-corrected chi connectivity index (χ0v) is 12.7. The third kappa shape index (κ3) is 3.74. The molecule has 1 aromatic rings.